The fourth-order valence-electron chi connectivity index (χ4n) is 2.89. The molecule has 3 rings (SSSR count). The fourth-order valence-corrected chi connectivity index (χ4v) is 3.30. The fraction of sp³-hybridized carbons (Fsp3) is 0.333. The van der Waals surface area contributed by atoms with Crippen molar-refractivity contribution < 1.29 is 0 Å². The van der Waals surface area contributed by atoms with E-state index < -0.39 is 0 Å². The molecular weight excluding hydrogens is 324 g/mol. The third kappa shape index (κ3) is 3.47. The van der Waals surface area contributed by atoms with Crippen molar-refractivity contribution in [1.29, 1.82) is 0 Å². The van der Waals surface area contributed by atoms with Crippen LogP contribution in [0.15, 0.2) is 46.9 Å². The number of hydrogen-bond donors (Lipinski definition) is 2. The van der Waals surface area contributed by atoms with E-state index in [9.17, 15) is 0 Å². The topological polar surface area (TPSA) is 24.1 Å². The average molecular weight is 345 g/mol. The molecule has 2 nitrogen and oxygen atoms in total. The molecule has 1 atom stereocenters. The number of halogens is 1. The van der Waals surface area contributed by atoms with Crippen molar-refractivity contribution in [3.8, 4) is 0 Å². The second-order valence-electron chi connectivity index (χ2n) is 5.64. The van der Waals surface area contributed by atoms with Crippen molar-refractivity contribution in [1.82, 2.24) is 5.32 Å². The predicted octanol–water partition coefficient (Wildman–Crippen LogP) is 4.66. The van der Waals surface area contributed by atoms with E-state index in [4.69, 9.17) is 0 Å². The van der Waals surface area contributed by atoms with Crippen molar-refractivity contribution in [2.24, 2.45) is 0 Å². The number of aryl methyl sites for hydroxylation is 1. The third-order valence-electron chi connectivity index (χ3n) is 4.11. The number of hydrogen-bond acceptors (Lipinski definition) is 2. The first kappa shape index (κ1) is 14.6. The molecule has 0 unspecified atom stereocenters. The lowest BCUT2D eigenvalue weighted by molar-refractivity contribution is 0.574. The van der Waals surface area contributed by atoms with Gasteiger partial charge in [-0.2, -0.15) is 0 Å². The van der Waals surface area contributed by atoms with Gasteiger partial charge in [0, 0.05) is 29.3 Å². The molecule has 0 amide bonds. The molecule has 2 aromatic rings. The molecule has 0 radical (unpaired) electrons. The van der Waals surface area contributed by atoms with Crippen LogP contribution in [0.2, 0.25) is 0 Å². The molecule has 0 saturated carbocycles. The van der Waals surface area contributed by atoms with Gasteiger partial charge in [-0.3, -0.25) is 0 Å². The summed E-state index contributed by atoms with van der Waals surface area (Å²) in [5, 5.41) is 7.19. The summed E-state index contributed by atoms with van der Waals surface area (Å²) in [5.74, 6) is 0. The second kappa shape index (κ2) is 6.63. The molecule has 2 N–H and O–H groups in total. The third-order valence-corrected chi connectivity index (χ3v) is 4.60. The minimum absolute atomic E-state index is 0.335. The smallest absolute Gasteiger partial charge is 0.0418 e. The van der Waals surface area contributed by atoms with Crippen LogP contribution in [0.5, 0.6) is 0 Å². The first-order valence-corrected chi connectivity index (χ1v) is 8.37. The van der Waals surface area contributed by atoms with Crippen molar-refractivity contribution in [2.75, 3.05) is 11.9 Å². The first-order chi connectivity index (χ1) is 10.2. The van der Waals surface area contributed by atoms with Crippen molar-refractivity contribution in [2.45, 2.75) is 32.4 Å². The standard InChI is InChI=1S/C18H21BrN2/c1-13(15-6-3-9-17(19)11-15)21-12-16-7-2-5-14-8-4-10-20-18(14)16/h2-3,5-7,9,11,13,20-21H,4,8,10,12H2,1H3/t13-/m1/s1. The predicted molar refractivity (Wildman–Crippen MR) is 92.6 cm³/mol. The molecule has 0 aromatic heterocycles. The molecular formula is C18H21BrN2. The van der Waals surface area contributed by atoms with Gasteiger partial charge >= 0.3 is 0 Å². The van der Waals surface area contributed by atoms with E-state index in [2.05, 4.69) is 76.0 Å². The van der Waals surface area contributed by atoms with E-state index in [1.54, 1.807) is 0 Å². The lowest BCUT2D eigenvalue weighted by Gasteiger charge is -2.22. The van der Waals surface area contributed by atoms with Gasteiger partial charge in [0.05, 0.1) is 0 Å². The van der Waals surface area contributed by atoms with Gasteiger partial charge in [-0.15, -0.1) is 0 Å². The number of para-hydroxylation sites is 1. The van der Waals surface area contributed by atoms with Crippen LogP contribution in [0.3, 0.4) is 0 Å². The SMILES string of the molecule is C[C@@H](NCc1cccc2c1NCCC2)c1cccc(Br)c1. The minimum atomic E-state index is 0.335. The molecule has 3 heteroatoms. The van der Waals surface area contributed by atoms with Crippen molar-refractivity contribution in [3.05, 3.63) is 63.6 Å². The highest BCUT2D eigenvalue weighted by molar-refractivity contribution is 9.10. The van der Waals surface area contributed by atoms with E-state index in [-0.39, 0.29) is 0 Å². The van der Waals surface area contributed by atoms with Crippen LogP contribution in [-0.4, -0.2) is 6.54 Å². The summed E-state index contributed by atoms with van der Waals surface area (Å²) in [4.78, 5) is 0. The summed E-state index contributed by atoms with van der Waals surface area (Å²) in [6, 6.07) is 15.5. The maximum Gasteiger partial charge on any atom is 0.0418 e. The number of nitrogens with one attached hydrogen (secondary N) is 2. The molecule has 0 fully saturated rings. The highest BCUT2D eigenvalue weighted by atomic mass is 79.9. The molecule has 0 saturated heterocycles. The van der Waals surface area contributed by atoms with E-state index >= 15 is 0 Å². The zero-order chi connectivity index (χ0) is 14.7. The number of rotatable bonds is 4. The summed E-state index contributed by atoms with van der Waals surface area (Å²) in [7, 11) is 0. The van der Waals surface area contributed by atoms with Gasteiger partial charge in [0.1, 0.15) is 0 Å². The molecule has 1 heterocycles. The van der Waals surface area contributed by atoms with Crippen LogP contribution in [0, 0.1) is 0 Å². The second-order valence-corrected chi connectivity index (χ2v) is 6.55. The summed E-state index contributed by atoms with van der Waals surface area (Å²) in [6.45, 7) is 4.19. The van der Waals surface area contributed by atoms with Crippen LogP contribution in [0.25, 0.3) is 0 Å². The average Bonchev–Trinajstić information content (AvgIpc) is 2.52. The molecule has 21 heavy (non-hydrogen) atoms. The van der Waals surface area contributed by atoms with E-state index in [1.165, 1.54) is 35.2 Å². The normalized spacial score (nSPS) is 15.1. The summed E-state index contributed by atoms with van der Waals surface area (Å²) >= 11 is 3.54. The van der Waals surface area contributed by atoms with Gasteiger partial charge in [-0.05, 0) is 48.6 Å². The number of fused-ring (bicyclic) bond motifs is 1. The van der Waals surface area contributed by atoms with Crippen molar-refractivity contribution >= 4 is 21.6 Å². The monoisotopic (exact) mass is 344 g/mol. The van der Waals surface area contributed by atoms with E-state index in [0.717, 1.165) is 17.6 Å². The Morgan fingerprint density at radius 2 is 2.10 bits per heavy atom. The molecule has 110 valence electrons. The van der Waals surface area contributed by atoms with Gasteiger partial charge < -0.3 is 10.6 Å². The van der Waals surface area contributed by atoms with Gasteiger partial charge in [0.25, 0.3) is 0 Å². The van der Waals surface area contributed by atoms with Crippen LogP contribution in [0.4, 0.5) is 5.69 Å². The van der Waals surface area contributed by atoms with Crippen LogP contribution in [0.1, 0.15) is 36.1 Å². The van der Waals surface area contributed by atoms with Crippen molar-refractivity contribution in [3.63, 3.8) is 0 Å². The highest BCUT2D eigenvalue weighted by Gasteiger charge is 2.13. The lowest BCUT2D eigenvalue weighted by atomic mass is 9.99. The van der Waals surface area contributed by atoms with Gasteiger partial charge in [0.15, 0.2) is 0 Å². The maximum atomic E-state index is 3.63. The maximum absolute atomic E-state index is 3.63. The Labute approximate surface area is 135 Å². The Kier molecular flexibility index (Phi) is 4.61. The molecule has 1 aliphatic rings. The molecule has 2 aromatic carbocycles. The number of benzene rings is 2. The Balaban J connectivity index is 1.70. The molecule has 1 aliphatic heterocycles. The van der Waals surface area contributed by atoms with Gasteiger partial charge in [0.2, 0.25) is 0 Å². The summed E-state index contributed by atoms with van der Waals surface area (Å²) < 4.78 is 1.13. The Hall–Kier alpha value is -1.32. The Morgan fingerprint density at radius 1 is 1.24 bits per heavy atom. The highest BCUT2D eigenvalue weighted by Crippen LogP contribution is 2.26. The van der Waals surface area contributed by atoms with Crippen LogP contribution < -0.4 is 10.6 Å². The zero-order valence-corrected chi connectivity index (χ0v) is 13.9. The first-order valence-electron chi connectivity index (χ1n) is 7.57. The summed E-state index contributed by atoms with van der Waals surface area (Å²) in [5.41, 5.74) is 5.48. The van der Waals surface area contributed by atoms with E-state index in [1.807, 2.05) is 0 Å². The molecule has 0 aliphatic carbocycles. The zero-order valence-electron chi connectivity index (χ0n) is 12.3. The lowest BCUT2D eigenvalue weighted by Crippen LogP contribution is -2.21. The van der Waals surface area contributed by atoms with Gasteiger partial charge in [-0.25, -0.2) is 0 Å². The minimum Gasteiger partial charge on any atom is -0.385 e. The molecule has 0 bridgehead atoms. The Bertz CT molecular complexity index is 624. The molecule has 0 spiro atoms. The van der Waals surface area contributed by atoms with Crippen LogP contribution >= 0.6 is 15.9 Å². The van der Waals surface area contributed by atoms with Gasteiger partial charge in [-0.1, -0.05) is 46.3 Å². The van der Waals surface area contributed by atoms with Crippen LogP contribution in [-0.2, 0) is 13.0 Å². The quantitative estimate of drug-likeness (QED) is 0.842. The number of anilines is 1. The summed E-state index contributed by atoms with van der Waals surface area (Å²) in [6.07, 6.45) is 2.43. The van der Waals surface area contributed by atoms with E-state index in [0.29, 0.717) is 6.04 Å². The largest absolute Gasteiger partial charge is 0.385 e. The Morgan fingerprint density at radius 3 is 2.95 bits per heavy atom.